The lowest BCUT2D eigenvalue weighted by atomic mass is 10.7. The van der Waals surface area contributed by atoms with E-state index in [0.29, 0.717) is 0 Å². The van der Waals surface area contributed by atoms with Crippen molar-refractivity contribution < 1.29 is 9.53 Å². The zero-order chi connectivity index (χ0) is 8.81. The second-order valence-electron chi connectivity index (χ2n) is 1.65. The van der Waals surface area contributed by atoms with E-state index in [1.54, 1.807) is 5.41 Å². The Morgan fingerprint density at radius 2 is 2.67 bits per heavy atom. The zero-order valence-corrected chi connectivity index (χ0v) is 7.89. The van der Waals surface area contributed by atoms with E-state index in [2.05, 4.69) is 14.1 Å². The maximum atomic E-state index is 10.6. The number of methoxy groups -OCH3 is 1. The van der Waals surface area contributed by atoms with Crippen LogP contribution in [-0.4, -0.2) is 22.4 Å². The van der Waals surface area contributed by atoms with Crippen molar-refractivity contribution in [2.45, 2.75) is 4.34 Å². The molecule has 64 valence electrons. The molecule has 0 atom stereocenters. The molecule has 4 nitrogen and oxygen atoms in total. The smallest absolute Gasteiger partial charge is 0.330 e. The average Bonchev–Trinajstić information content (AvgIpc) is 2.57. The third kappa shape index (κ3) is 3.02. The molecule has 0 aliphatic carbocycles. The molecule has 0 bridgehead atoms. The summed E-state index contributed by atoms with van der Waals surface area (Å²) in [6, 6.07) is 0. The maximum absolute atomic E-state index is 10.6. The molecule has 1 heterocycles. The van der Waals surface area contributed by atoms with Crippen molar-refractivity contribution in [2.75, 3.05) is 7.11 Å². The topological polar surface area (TPSA) is 52.1 Å². The summed E-state index contributed by atoms with van der Waals surface area (Å²) in [5, 5.41) is 1.62. The van der Waals surface area contributed by atoms with E-state index in [-0.39, 0.29) is 5.97 Å². The molecular weight excluding hydrogens is 196 g/mol. The number of carbonyl (C=O) groups is 1. The number of aromatic nitrogens is 2. The Labute approximate surface area is 77.8 Å². The first-order valence-corrected chi connectivity index (χ1v) is 4.66. The quantitative estimate of drug-likeness (QED) is 0.420. The second-order valence-corrected chi connectivity index (χ2v) is 3.58. The number of hydrogen-bond acceptors (Lipinski definition) is 6. The van der Waals surface area contributed by atoms with Gasteiger partial charge in [0.05, 0.1) is 7.11 Å². The van der Waals surface area contributed by atoms with Crippen LogP contribution in [0.25, 0.3) is 0 Å². The number of carbonyl (C=O) groups excluding carboxylic acids is 1. The molecule has 0 saturated carbocycles. The number of ether oxygens (including phenoxy) is 1. The Kier molecular flexibility index (Phi) is 3.75. The molecule has 0 fully saturated rings. The molecule has 0 unspecified atom stereocenters. The van der Waals surface area contributed by atoms with Crippen LogP contribution < -0.4 is 0 Å². The Morgan fingerprint density at radius 3 is 3.25 bits per heavy atom. The minimum Gasteiger partial charge on any atom is -0.466 e. The fourth-order valence-electron chi connectivity index (χ4n) is 0.431. The van der Waals surface area contributed by atoms with Gasteiger partial charge in [0.15, 0.2) is 4.34 Å². The van der Waals surface area contributed by atoms with Gasteiger partial charge in [-0.25, -0.2) is 9.78 Å². The molecule has 0 radical (unpaired) electrons. The SMILES string of the molecule is COC(=O)C=CSc1ncns1. The van der Waals surface area contributed by atoms with E-state index in [4.69, 9.17) is 0 Å². The van der Waals surface area contributed by atoms with Gasteiger partial charge in [-0.2, -0.15) is 4.37 Å². The van der Waals surface area contributed by atoms with Crippen molar-refractivity contribution in [2.24, 2.45) is 0 Å². The highest BCUT2D eigenvalue weighted by molar-refractivity contribution is 8.03. The van der Waals surface area contributed by atoms with Gasteiger partial charge in [0.1, 0.15) is 6.33 Å². The van der Waals surface area contributed by atoms with Crippen molar-refractivity contribution in [1.29, 1.82) is 0 Å². The van der Waals surface area contributed by atoms with Crippen LogP contribution in [0.2, 0.25) is 0 Å². The summed E-state index contributed by atoms with van der Waals surface area (Å²) in [6.07, 6.45) is 2.81. The summed E-state index contributed by atoms with van der Waals surface area (Å²) in [7, 11) is 1.34. The molecule has 12 heavy (non-hydrogen) atoms. The van der Waals surface area contributed by atoms with Gasteiger partial charge in [-0.15, -0.1) is 0 Å². The monoisotopic (exact) mass is 202 g/mol. The summed E-state index contributed by atoms with van der Waals surface area (Å²) in [6.45, 7) is 0. The third-order valence-corrected chi connectivity index (χ3v) is 2.47. The molecule has 1 rings (SSSR count). The third-order valence-electron chi connectivity index (χ3n) is 0.915. The highest BCUT2D eigenvalue weighted by Gasteiger charge is 1.94. The van der Waals surface area contributed by atoms with Gasteiger partial charge in [0, 0.05) is 6.08 Å². The van der Waals surface area contributed by atoms with Gasteiger partial charge >= 0.3 is 5.97 Å². The van der Waals surface area contributed by atoms with Crippen LogP contribution in [0.3, 0.4) is 0 Å². The molecule has 0 aliphatic heterocycles. The summed E-state index contributed by atoms with van der Waals surface area (Å²) in [4.78, 5) is 14.5. The van der Waals surface area contributed by atoms with Crippen molar-refractivity contribution in [1.82, 2.24) is 9.36 Å². The van der Waals surface area contributed by atoms with Crippen molar-refractivity contribution in [3.63, 3.8) is 0 Å². The van der Waals surface area contributed by atoms with Crippen molar-refractivity contribution in [3.05, 3.63) is 17.8 Å². The molecule has 0 saturated heterocycles. The lowest BCUT2D eigenvalue weighted by molar-refractivity contribution is -0.134. The molecular formula is C6H6N2O2S2. The van der Waals surface area contributed by atoms with E-state index in [0.717, 1.165) is 4.34 Å². The predicted molar refractivity (Wildman–Crippen MR) is 46.9 cm³/mol. The lowest BCUT2D eigenvalue weighted by Crippen LogP contribution is -1.92. The van der Waals surface area contributed by atoms with Gasteiger partial charge in [-0.3, -0.25) is 0 Å². The van der Waals surface area contributed by atoms with Crippen LogP contribution in [0.1, 0.15) is 0 Å². The Bertz CT molecular complexity index is 271. The first-order valence-electron chi connectivity index (χ1n) is 3.01. The van der Waals surface area contributed by atoms with E-state index in [1.165, 1.54) is 42.8 Å². The lowest BCUT2D eigenvalue weighted by Gasteiger charge is -1.87. The maximum Gasteiger partial charge on any atom is 0.330 e. The Hall–Kier alpha value is -0.880. The molecule has 0 spiro atoms. The Balaban J connectivity index is 2.35. The van der Waals surface area contributed by atoms with E-state index < -0.39 is 0 Å². The average molecular weight is 202 g/mol. The molecule has 1 aromatic heterocycles. The first kappa shape index (κ1) is 9.21. The highest BCUT2D eigenvalue weighted by Crippen LogP contribution is 2.18. The largest absolute Gasteiger partial charge is 0.466 e. The number of nitrogens with zero attached hydrogens (tertiary/aromatic N) is 2. The predicted octanol–water partition coefficient (Wildman–Crippen LogP) is 1.32. The van der Waals surface area contributed by atoms with Gasteiger partial charge in [-0.05, 0) is 16.9 Å². The zero-order valence-electron chi connectivity index (χ0n) is 6.26. The second kappa shape index (κ2) is 4.89. The van der Waals surface area contributed by atoms with Crippen LogP contribution in [0.4, 0.5) is 0 Å². The molecule has 0 N–H and O–H groups in total. The van der Waals surface area contributed by atoms with E-state index >= 15 is 0 Å². The summed E-state index contributed by atoms with van der Waals surface area (Å²) in [5.41, 5.74) is 0. The molecule has 6 heteroatoms. The minimum absolute atomic E-state index is 0.369. The molecule has 0 aliphatic rings. The van der Waals surface area contributed by atoms with Gasteiger partial charge in [0.25, 0.3) is 0 Å². The molecule has 1 aromatic rings. The highest BCUT2D eigenvalue weighted by atomic mass is 32.2. The standard InChI is InChI=1S/C6H6N2O2S2/c1-10-5(9)2-3-11-6-7-4-8-12-6/h2-4H,1H3. The fraction of sp³-hybridized carbons (Fsp3) is 0.167. The van der Waals surface area contributed by atoms with E-state index in [1.807, 2.05) is 0 Å². The molecule has 0 amide bonds. The number of esters is 1. The fourth-order valence-corrected chi connectivity index (χ4v) is 1.58. The van der Waals surface area contributed by atoms with E-state index in [9.17, 15) is 4.79 Å². The summed E-state index contributed by atoms with van der Waals surface area (Å²) in [5.74, 6) is -0.369. The van der Waals surface area contributed by atoms with Gasteiger partial charge in [0.2, 0.25) is 0 Å². The van der Waals surface area contributed by atoms with Crippen LogP contribution in [0.5, 0.6) is 0 Å². The van der Waals surface area contributed by atoms with Crippen LogP contribution in [-0.2, 0) is 9.53 Å². The summed E-state index contributed by atoms with van der Waals surface area (Å²) < 4.78 is 9.00. The van der Waals surface area contributed by atoms with Crippen LogP contribution >= 0.6 is 23.3 Å². The minimum atomic E-state index is -0.369. The van der Waals surface area contributed by atoms with Gasteiger partial charge < -0.3 is 4.74 Å². The van der Waals surface area contributed by atoms with Crippen LogP contribution in [0.15, 0.2) is 22.2 Å². The number of thioether (sulfide) groups is 1. The number of rotatable bonds is 3. The van der Waals surface area contributed by atoms with Crippen molar-refractivity contribution >= 4 is 29.3 Å². The number of hydrogen-bond donors (Lipinski definition) is 0. The summed E-state index contributed by atoms with van der Waals surface area (Å²) >= 11 is 2.61. The van der Waals surface area contributed by atoms with Gasteiger partial charge in [-0.1, -0.05) is 11.8 Å². The van der Waals surface area contributed by atoms with Crippen LogP contribution in [0, 0.1) is 0 Å². The Morgan fingerprint density at radius 1 is 1.83 bits per heavy atom. The molecule has 0 aromatic carbocycles. The normalized spacial score (nSPS) is 10.4. The van der Waals surface area contributed by atoms with Crippen molar-refractivity contribution in [3.8, 4) is 0 Å². The first-order chi connectivity index (χ1) is 5.83.